The van der Waals surface area contributed by atoms with E-state index in [1.807, 2.05) is 20.9 Å². The molecule has 0 fully saturated rings. The first kappa shape index (κ1) is 16.8. The van der Waals surface area contributed by atoms with Crippen LogP contribution in [0.2, 0.25) is 0 Å². The fourth-order valence-corrected chi connectivity index (χ4v) is 2.82. The predicted octanol–water partition coefficient (Wildman–Crippen LogP) is 0.738. The van der Waals surface area contributed by atoms with Gasteiger partial charge in [-0.1, -0.05) is 13.8 Å². The molecule has 0 bridgehead atoms. The topological polar surface area (TPSA) is 96.9 Å². The molecule has 2 N–H and O–H groups in total. The van der Waals surface area contributed by atoms with Crippen LogP contribution in [-0.2, 0) is 22.9 Å². The summed E-state index contributed by atoms with van der Waals surface area (Å²) in [6.07, 6.45) is 2.85. The summed E-state index contributed by atoms with van der Waals surface area (Å²) in [4.78, 5) is 4.22. The number of aromatic nitrogens is 3. The zero-order valence-electron chi connectivity index (χ0n) is 12.3. The molecule has 0 radical (unpaired) electrons. The van der Waals surface area contributed by atoms with Gasteiger partial charge >= 0.3 is 0 Å². The van der Waals surface area contributed by atoms with Gasteiger partial charge in [0.15, 0.2) is 0 Å². The molecule has 0 aliphatic heterocycles. The molecule has 0 spiro atoms. The summed E-state index contributed by atoms with van der Waals surface area (Å²) >= 11 is 0. The molecule has 1 aromatic heterocycles. The van der Waals surface area contributed by atoms with Crippen molar-refractivity contribution in [3.63, 3.8) is 0 Å². The zero-order chi connectivity index (χ0) is 15.0. The van der Waals surface area contributed by atoms with Gasteiger partial charge in [-0.25, -0.2) is 18.1 Å². The number of nitrogens with zero attached hydrogens (tertiary/aromatic N) is 3. The lowest BCUT2D eigenvalue weighted by Crippen LogP contribution is -2.20. The highest BCUT2D eigenvalue weighted by molar-refractivity contribution is 7.92. The number of sulfonamides is 1. The molecule has 8 heteroatoms. The van der Waals surface area contributed by atoms with Gasteiger partial charge in [0, 0.05) is 0 Å². The molecule has 0 amide bonds. The number of anilines is 1. The van der Waals surface area contributed by atoms with E-state index in [0.29, 0.717) is 12.8 Å². The third-order valence-electron chi connectivity index (χ3n) is 2.85. The average molecular weight is 301 g/mol. The third kappa shape index (κ3) is 5.38. The monoisotopic (exact) mass is 301 g/mol. The number of nitrogens with one attached hydrogen (secondary N) is 2. The molecule has 0 unspecified atom stereocenters. The van der Waals surface area contributed by atoms with Gasteiger partial charge in [-0.2, -0.15) is 0 Å². The maximum atomic E-state index is 11.9. The Morgan fingerprint density at radius 1 is 1.05 bits per heavy atom. The third-order valence-corrected chi connectivity index (χ3v) is 4.17. The molecule has 7 nitrogen and oxygen atoms in total. The van der Waals surface area contributed by atoms with Crippen LogP contribution in [0.15, 0.2) is 0 Å². The standard InChI is InChI=1S/C12H23N5O2S/c1-4-10-11(5-2)15-16-12(14-10)17-20(18,19)9-7-6-8-13-3/h13H,4-9H2,1-3H3,(H,14,16,17). The summed E-state index contributed by atoms with van der Waals surface area (Å²) in [5, 5.41) is 10.8. The second-order valence-corrected chi connectivity index (χ2v) is 6.31. The lowest BCUT2D eigenvalue weighted by Gasteiger charge is -2.08. The SMILES string of the molecule is CCc1nnc(NS(=O)(=O)CCCCNC)nc1CC. The van der Waals surface area contributed by atoms with E-state index in [9.17, 15) is 8.42 Å². The highest BCUT2D eigenvalue weighted by Crippen LogP contribution is 2.08. The number of aryl methyl sites for hydroxylation is 2. The molecular formula is C12H23N5O2S. The van der Waals surface area contributed by atoms with Gasteiger partial charge in [0.2, 0.25) is 10.0 Å². The van der Waals surface area contributed by atoms with Crippen molar-refractivity contribution in [1.29, 1.82) is 0 Å². The predicted molar refractivity (Wildman–Crippen MR) is 79.2 cm³/mol. The molecule has 0 saturated heterocycles. The fraction of sp³-hybridized carbons (Fsp3) is 0.750. The molecule has 1 heterocycles. The molecule has 0 aliphatic carbocycles. The van der Waals surface area contributed by atoms with Crippen molar-refractivity contribution in [2.45, 2.75) is 39.5 Å². The summed E-state index contributed by atoms with van der Waals surface area (Å²) in [7, 11) is -1.56. The largest absolute Gasteiger partial charge is 0.320 e. The smallest absolute Gasteiger partial charge is 0.256 e. The van der Waals surface area contributed by atoms with Crippen molar-refractivity contribution >= 4 is 16.0 Å². The normalized spacial score (nSPS) is 11.6. The highest BCUT2D eigenvalue weighted by atomic mass is 32.2. The van der Waals surface area contributed by atoms with E-state index in [2.05, 4.69) is 25.2 Å². The van der Waals surface area contributed by atoms with Gasteiger partial charge < -0.3 is 5.32 Å². The Balaban J connectivity index is 2.67. The fourth-order valence-electron chi connectivity index (χ4n) is 1.77. The van der Waals surface area contributed by atoms with Gasteiger partial charge in [-0.3, -0.25) is 0 Å². The van der Waals surface area contributed by atoms with E-state index in [1.54, 1.807) is 0 Å². The lowest BCUT2D eigenvalue weighted by molar-refractivity contribution is 0.594. The Hall–Kier alpha value is -1.28. The Labute approximate surface area is 120 Å². The minimum Gasteiger partial charge on any atom is -0.320 e. The van der Waals surface area contributed by atoms with Crippen LogP contribution in [0.1, 0.15) is 38.1 Å². The molecule has 1 aromatic rings. The minimum absolute atomic E-state index is 0.0627. The molecule has 0 atom stereocenters. The molecule has 0 saturated carbocycles. The zero-order valence-corrected chi connectivity index (χ0v) is 13.1. The van der Waals surface area contributed by atoms with Gasteiger partial charge in [-0.05, 0) is 39.3 Å². The maximum Gasteiger partial charge on any atom is 0.256 e. The molecular weight excluding hydrogens is 278 g/mol. The van der Waals surface area contributed by atoms with E-state index in [0.717, 1.165) is 30.8 Å². The van der Waals surface area contributed by atoms with Gasteiger partial charge in [-0.15, -0.1) is 10.2 Å². The van der Waals surface area contributed by atoms with Crippen LogP contribution < -0.4 is 10.0 Å². The number of unbranched alkanes of at least 4 members (excludes halogenated alkanes) is 1. The first-order valence-electron chi connectivity index (χ1n) is 6.90. The van der Waals surface area contributed by atoms with Crippen LogP contribution in [0.5, 0.6) is 0 Å². The average Bonchev–Trinajstić information content (AvgIpc) is 2.43. The van der Waals surface area contributed by atoms with Crippen molar-refractivity contribution in [3.05, 3.63) is 11.4 Å². The van der Waals surface area contributed by atoms with Gasteiger partial charge in [0.25, 0.3) is 5.95 Å². The second-order valence-electron chi connectivity index (χ2n) is 4.47. The van der Waals surface area contributed by atoms with Crippen LogP contribution >= 0.6 is 0 Å². The van der Waals surface area contributed by atoms with Gasteiger partial charge in [0.1, 0.15) is 0 Å². The quantitative estimate of drug-likeness (QED) is 0.653. The van der Waals surface area contributed by atoms with Crippen LogP contribution in [0, 0.1) is 0 Å². The Bertz CT molecular complexity index is 519. The van der Waals surface area contributed by atoms with Crippen molar-refractivity contribution in [2.75, 3.05) is 24.1 Å². The summed E-state index contributed by atoms with van der Waals surface area (Å²) in [6, 6.07) is 0. The Morgan fingerprint density at radius 3 is 2.35 bits per heavy atom. The first-order valence-corrected chi connectivity index (χ1v) is 8.55. The van der Waals surface area contributed by atoms with Gasteiger partial charge in [0.05, 0.1) is 17.1 Å². The number of rotatable bonds is 9. The number of hydrogen-bond donors (Lipinski definition) is 2. The van der Waals surface area contributed by atoms with Crippen LogP contribution in [0.25, 0.3) is 0 Å². The summed E-state index contributed by atoms with van der Waals surface area (Å²) < 4.78 is 26.1. The molecule has 0 aromatic carbocycles. The Kier molecular flexibility index (Phi) is 6.80. The number of hydrogen-bond acceptors (Lipinski definition) is 6. The van der Waals surface area contributed by atoms with Crippen LogP contribution in [0.4, 0.5) is 5.95 Å². The maximum absolute atomic E-state index is 11.9. The van der Waals surface area contributed by atoms with Crippen molar-refractivity contribution < 1.29 is 8.42 Å². The molecule has 1 rings (SSSR count). The summed E-state index contributed by atoms with van der Waals surface area (Å²) in [5.41, 5.74) is 1.60. The summed E-state index contributed by atoms with van der Waals surface area (Å²) in [6.45, 7) is 4.73. The van der Waals surface area contributed by atoms with E-state index >= 15 is 0 Å². The van der Waals surface area contributed by atoms with Crippen LogP contribution in [0.3, 0.4) is 0 Å². The molecule has 114 valence electrons. The van der Waals surface area contributed by atoms with Crippen LogP contribution in [-0.4, -0.2) is 42.9 Å². The van der Waals surface area contributed by atoms with E-state index in [-0.39, 0.29) is 11.7 Å². The van der Waals surface area contributed by atoms with Crippen molar-refractivity contribution in [1.82, 2.24) is 20.5 Å². The van der Waals surface area contributed by atoms with E-state index < -0.39 is 10.0 Å². The van der Waals surface area contributed by atoms with Crippen molar-refractivity contribution in [2.24, 2.45) is 0 Å². The molecule has 0 aliphatic rings. The summed E-state index contributed by atoms with van der Waals surface area (Å²) in [5.74, 6) is 0.127. The second kappa shape index (κ2) is 8.11. The Morgan fingerprint density at radius 2 is 1.75 bits per heavy atom. The minimum atomic E-state index is -3.40. The van der Waals surface area contributed by atoms with Crippen molar-refractivity contribution in [3.8, 4) is 0 Å². The first-order chi connectivity index (χ1) is 9.52. The lowest BCUT2D eigenvalue weighted by atomic mass is 10.2. The van der Waals surface area contributed by atoms with E-state index in [4.69, 9.17) is 0 Å². The molecule has 20 heavy (non-hydrogen) atoms. The highest BCUT2D eigenvalue weighted by Gasteiger charge is 2.13. The van der Waals surface area contributed by atoms with E-state index in [1.165, 1.54) is 0 Å².